The van der Waals surface area contributed by atoms with Crippen LogP contribution in [0.5, 0.6) is 0 Å². The van der Waals surface area contributed by atoms with Gasteiger partial charge in [-0.1, -0.05) is 0 Å². The second-order valence-corrected chi connectivity index (χ2v) is 5.41. The SMILES string of the molecule is CC(C)NC(=O)c1cc(N)ccc1F.Nc1ccc(F)c(C(=O)O)c1. The van der Waals surface area contributed by atoms with Crippen molar-refractivity contribution in [2.24, 2.45) is 0 Å². The number of hydrogen-bond donors (Lipinski definition) is 4. The molecule has 0 spiro atoms. The van der Waals surface area contributed by atoms with E-state index >= 15 is 0 Å². The van der Waals surface area contributed by atoms with Gasteiger partial charge in [-0.15, -0.1) is 0 Å². The molecule has 2 aromatic carbocycles. The normalized spacial score (nSPS) is 9.96. The summed E-state index contributed by atoms with van der Waals surface area (Å²) in [7, 11) is 0. The zero-order valence-electron chi connectivity index (χ0n) is 13.7. The highest BCUT2D eigenvalue weighted by molar-refractivity contribution is 5.95. The fraction of sp³-hybridized carbons (Fsp3) is 0.176. The van der Waals surface area contributed by atoms with Crippen LogP contribution >= 0.6 is 0 Å². The molecule has 0 heterocycles. The van der Waals surface area contributed by atoms with Crippen molar-refractivity contribution in [2.75, 3.05) is 11.5 Å². The number of nitrogen functional groups attached to an aromatic ring is 2. The van der Waals surface area contributed by atoms with Gasteiger partial charge in [0.25, 0.3) is 5.91 Å². The number of carbonyl (C=O) groups is 2. The van der Waals surface area contributed by atoms with Crippen LogP contribution in [0, 0.1) is 11.6 Å². The molecule has 0 bridgehead atoms. The molecule has 0 saturated heterocycles. The van der Waals surface area contributed by atoms with E-state index in [1.54, 1.807) is 0 Å². The van der Waals surface area contributed by atoms with E-state index in [-0.39, 0.29) is 17.3 Å². The molecule has 0 aliphatic rings. The Morgan fingerprint density at radius 1 is 0.960 bits per heavy atom. The molecule has 6 N–H and O–H groups in total. The number of carbonyl (C=O) groups excluding carboxylic acids is 1. The van der Waals surface area contributed by atoms with Crippen molar-refractivity contribution >= 4 is 23.3 Å². The largest absolute Gasteiger partial charge is 0.478 e. The molecule has 0 unspecified atom stereocenters. The average molecular weight is 351 g/mol. The Labute approximate surface area is 143 Å². The van der Waals surface area contributed by atoms with Crippen molar-refractivity contribution in [1.29, 1.82) is 0 Å². The third-order valence-corrected chi connectivity index (χ3v) is 2.88. The molecule has 1 amide bonds. The first kappa shape index (κ1) is 19.9. The summed E-state index contributed by atoms with van der Waals surface area (Å²) >= 11 is 0. The molecule has 0 radical (unpaired) electrons. The van der Waals surface area contributed by atoms with Gasteiger partial charge < -0.3 is 21.9 Å². The van der Waals surface area contributed by atoms with Crippen molar-refractivity contribution in [2.45, 2.75) is 19.9 Å². The van der Waals surface area contributed by atoms with Crippen LogP contribution < -0.4 is 16.8 Å². The molecule has 0 aliphatic carbocycles. The van der Waals surface area contributed by atoms with Crippen LogP contribution in [0.4, 0.5) is 20.2 Å². The van der Waals surface area contributed by atoms with Gasteiger partial charge in [0.15, 0.2) is 0 Å². The third-order valence-electron chi connectivity index (χ3n) is 2.88. The predicted molar refractivity (Wildman–Crippen MR) is 91.2 cm³/mol. The van der Waals surface area contributed by atoms with E-state index in [4.69, 9.17) is 16.6 Å². The summed E-state index contributed by atoms with van der Waals surface area (Å²) in [5.74, 6) is -3.08. The summed E-state index contributed by atoms with van der Waals surface area (Å²) in [6.07, 6.45) is 0. The van der Waals surface area contributed by atoms with Gasteiger partial charge in [0, 0.05) is 17.4 Å². The van der Waals surface area contributed by atoms with Crippen molar-refractivity contribution in [3.63, 3.8) is 0 Å². The molecule has 2 aromatic rings. The zero-order valence-corrected chi connectivity index (χ0v) is 13.7. The number of carboxylic acid groups (broad SMARTS) is 1. The zero-order chi connectivity index (χ0) is 19.1. The van der Waals surface area contributed by atoms with Crippen LogP contribution in [0.3, 0.4) is 0 Å². The molecule has 134 valence electrons. The Kier molecular flexibility index (Phi) is 6.86. The molecule has 0 aromatic heterocycles. The first-order chi connectivity index (χ1) is 11.6. The van der Waals surface area contributed by atoms with Crippen LogP contribution in [0.1, 0.15) is 34.6 Å². The number of rotatable bonds is 3. The van der Waals surface area contributed by atoms with E-state index in [1.807, 2.05) is 13.8 Å². The maximum atomic E-state index is 13.2. The van der Waals surface area contributed by atoms with Crippen LogP contribution in [-0.4, -0.2) is 23.0 Å². The van der Waals surface area contributed by atoms with Crippen molar-refractivity contribution in [3.05, 3.63) is 59.2 Å². The minimum atomic E-state index is -1.31. The number of nitrogens with one attached hydrogen (secondary N) is 1. The Hall–Kier alpha value is -3.16. The van der Waals surface area contributed by atoms with Gasteiger partial charge >= 0.3 is 5.97 Å². The highest BCUT2D eigenvalue weighted by atomic mass is 19.1. The summed E-state index contributed by atoms with van der Waals surface area (Å²) in [6.45, 7) is 3.62. The lowest BCUT2D eigenvalue weighted by Gasteiger charge is -2.09. The lowest BCUT2D eigenvalue weighted by Crippen LogP contribution is -2.30. The highest BCUT2D eigenvalue weighted by Crippen LogP contribution is 2.12. The standard InChI is InChI=1S/C10H13FN2O.C7H6FNO2/c1-6(2)13-10(14)8-5-7(12)3-4-9(8)11;8-6-2-1-4(9)3-5(6)7(10)11/h3-6H,12H2,1-2H3,(H,13,14);1-3H,9H2,(H,10,11). The second kappa shape index (κ2) is 8.62. The Morgan fingerprint density at radius 3 is 1.80 bits per heavy atom. The van der Waals surface area contributed by atoms with Gasteiger partial charge in [-0.2, -0.15) is 0 Å². The topological polar surface area (TPSA) is 118 Å². The molecule has 0 atom stereocenters. The Balaban J connectivity index is 0.000000257. The van der Waals surface area contributed by atoms with E-state index in [9.17, 15) is 18.4 Å². The van der Waals surface area contributed by atoms with Gasteiger partial charge in [0.1, 0.15) is 11.6 Å². The van der Waals surface area contributed by atoms with Crippen LogP contribution in [0.15, 0.2) is 36.4 Å². The van der Waals surface area contributed by atoms with Gasteiger partial charge in [0.2, 0.25) is 0 Å². The second-order valence-electron chi connectivity index (χ2n) is 5.41. The third kappa shape index (κ3) is 6.09. The summed E-state index contributed by atoms with van der Waals surface area (Å²) in [6, 6.07) is 7.32. The number of benzene rings is 2. The Morgan fingerprint density at radius 2 is 1.40 bits per heavy atom. The Bertz CT molecular complexity index is 780. The van der Waals surface area contributed by atoms with Crippen LogP contribution in [-0.2, 0) is 0 Å². The van der Waals surface area contributed by atoms with Gasteiger partial charge in [-0.25, -0.2) is 13.6 Å². The molecule has 0 fully saturated rings. The van der Waals surface area contributed by atoms with E-state index in [1.165, 1.54) is 24.3 Å². The van der Waals surface area contributed by atoms with Gasteiger partial charge in [-0.05, 0) is 50.2 Å². The number of amides is 1. The van der Waals surface area contributed by atoms with Crippen LogP contribution in [0.2, 0.25) is 0 Å². The summed E-state index contributed by atoms with van der Waals surface area (Å²) in [5.41, 5.74) is 10.9. The summed E-state index contributed by atoms with van der Waals surface area (Å²) in [4.78, 5) is 21.7. The lowest BCUT2D eigenvalue weighted by molar-refractivity contribution is 0.0691. The van der Waals surface area contributed by atoms with Gasteiger partial charge in [-0.3, -0.25) is 4.79 Å². The molecular weight excluding hydrogens is 332 g/mol. The number of anilines is 2. The monoisotopic (exact) mass is 351 g/mol. The number of halogens is 2. The first-order valence-electron chi connectivity index (χ1n) is 7.26. The van der Waals surface area contributed by atoms with E-state index < -0.39 is 29.1 Å². The molecular formula is C17H19F2N3O3. The fourth-order valence-electron chi connectivity index (χ4n) is 1.76. The fourth-order valence-corrected chi connectivity index (χ4v) is 1.76. The van der Waals surface area contributed by atoms with Crippen molar-refractivity contribution in [1.82, 2.24) is 5.32 Å². The minimum absolute atomic E-state index is 0.0151. The smallest absolute Gasteiger partial charge is 0.338 e. The molecule has 0 saturated carbocycles. The van der Waals surface area contributed by atoms with E-state index in [0.29, 0.717) is 5.69 Å². The number of carboxylic acids is 1. The molecule has 25 heavy (non-hydrogen) atoms. The van der Waals surface area contributed by atoms with Gasteiger partial charge in [0.05, 0.1) is 11.1 Å². The predicted octanol–water partition coefficient (Wildman–Crippen LogP) is 2.65. The lowest BCUT2D eigenvalue weighted by atomic mass is 10.1. The highest BCUT2D eigenvalue weighted by Gasteiger charge is 2.12. The molecule has 0 aliphatic heterocycles. The van der Waals surface area contributed by atoms with Crippen LogP contribution in [0.25, 0.3) is 0 Å². The molecule has 2 rings (SSSR count). The number of nitrogens with two attached hydrogens (primary N) is 2. The number of hydrogen-bond acceptors (Lipinski definition) is 4. The quantitative estimate of drug-likeness (QED) is 0.634. The average Bonchev–Trinajstić information content (AvgIpc) is 2.51. The van der Waals surface area contributed by atoms with Crippen molar-refractivity contribution in [3.8, 4) is 0 Å². The number of aromatic carboxylic acids is 1. The molecule has 6 nitrogen and oxygen atoms in total. The van der Waals surface area contributed by atoms with E-state index in [2.05, 4.69) is 5.32 Å². The maximum absolute atomic E-state index is 13.2. The minimum Gasteiger partial charge on any atom is -0.478 e. The summed E-state index contributed by atoms with van der Waals surface area (Å²) < 4.78 is 25.7. The summed E-state index contributed by atoms with van der Waals surface area (Å²) in [5, 5.41) is 11.0. The van der Waals surface area contributed by atoms with E-state index in [0.717, 1.165) is 12.1 Å². The molecule has 8 heteroatoms. The first-order valence-corrected chi connectivity index (χ1v) is 7.26. The maximum Gasteiger partial charge on any atom is 0.338 e. The van der Waals surface area contributed by atoms with Crippen molar-refractivity contribution < 1.29 is 23.5 Å².